The standard InChI is InChI=1S/C11H13N3Si/c1-15(2,3)9-8-14-11-7-5-4-6-10(11)12-13-14/h4-7H,1-3H3. The van der Waals surface area contributed by atoms with Gasteiger partial charge in [0, 0.05) is 6.04 Å². The van der Waals surface area contributed by atoms with E-state index in [2.05, 4.69) is 41.5 Å². The number of hydrogen-bond donors (Lipinski definition) is 0. The summed E-state index contributed by atoms with van der Waals surface area (Å²) < 4.78 is 1.66. The van der Waals surface area contributed by atoms with E-state index in [4.69, 9.17) is 0 Å². The summed E-state index contributed by atoms with van der Waals surface area (Å²) in [4.78, 5) is 0. The van der Waals surface area contributed by atoms with Crippen LogP contribution in [0.1, 0.15) is 0 Å². The third kappa shape index (κ3) is 2.25. The molecule has 0 aliphatic heterocycles. The third-order valence-corrected chi connectivity index (χ3v) is 2.75. The lowest BCUT2D eigenvalue weighted by atomic mass is 10.3. The molecule has 1 aromatic heterocycles. The Balaban J connectivity index is 2.48. The minimum atomic E-state index is -1.35. The van der Waals surface area contributed by atoms with Crippen LogP contribution in [0.25, 0.3) is 11.0 Å². The van der Waals surface area contributed by atoms with Crippen LogP contribution in [0.3, 0.4) is 0 Å². The van der Waals surface area contributed by atoms with Crippen LogP contribution in [0, 0.1) is 11.6 Å². The van der Waals surface area contributed by atoms with Crippen molar-refractivity contribution in [2.75, 3.05) is 0 Å². The fraction of sp³-hybridized carbons (Fsp3) is 0.273. The molecule has 0 spiro atoms. The first kappa shape index (κ1) is 9.93. The zero-order valence-electron chi connectivity index (χ0n) is 9.15. The van der Waals surface area contributed by atoms with Crippen LogP contribution in [0.4, 0.5) is 0 Å². The van der Waals surface area contributed by atoms with Gasteiger partial charge in [-0.15, -0.1) is 10.6 Å². The van der Waals surface area contributed by atoms with E-state index in [-0.39, 0.29) is 0 Å². The summed E-state index contributed by atoms with van der Waals surface area (Å²) in [7, 11) is -1.35. The Morgan fingerprint density at radius 1 is 1.20 bits per heavy atom. The van der Waals surface area contributed by atoms with Crippen molar-refractivity contribution in [3.63, 3.8) is 0 Å². The van der Waals surface area contributed by atoms with Gasteiger partial charge in [-0.25, -0.2) is 0 Å². The zero-order valence-corrected chi connectivity index (χ0v) is 10.2. The number of hydrogen-bond acceptors (Lipinski definition) is 2. The summed E-state index contributed by atoms with van der Waals surface area (Å²) in [5, 5.41) is 8.06. The smallest absolute Gasteiger partial charge is 0.131 e. The first-order valence-electron chi connectivity index (χ1n) is 4.90. The molecule has 0 aliphatic carbocycles. The van der Waals surface area contributed by atoms with Crippen molar-refractivity contribution in [1.29, 1.82) is 0 Å². The molecule has 0 fully saturated rings. The molecule has 0 aliphatic rings. The van der Waals surface area contributed by atoms with Gasteiger partial charge >= 0.3 is 0 Å². The first-order chi connectivity index (χ1) is 7.06. The summed E-state index contributed by atoms with van der Waals surface area (Å²) in [6.07, 6.45) is 0. The van der Waals surface area contributed by atoms with Gasteiger partial charge in [-0.2, -0.15) is 4.68 Å². The van der Waals surface area contributed by atoms with E-state index in [1.54, 1.807) is 4.68 Å². The Kier molecular flexibility index (Phi) is 2.33. The Bertz CT molecular complexity index is 540. The van der Waals surface area contributed by atoms with Gasteiger partial charge in [0.25, 0.3) is 0 Å². The molecule has 1 aromatic carbocycles. The summed E-state index contributed by atoms with van der Waals surface area (Å²) >= 11 is 0. The number of aromatic nitrogens is 3. The van der Waals surface area contributed by atoms with Gasteiger partial charge in [-0.1, -0.05) is 37.0 Å². The molecule has 15 heavy (non-hydrogen) atoms. The van der Waals surface area contributed by atoms with Crippen molar-refractivity contribution in [3.8, 4) is 11.6 Å². The topological polar surface area (TPSA) is 30.7 Å². The van der Waals surface area contributed by atoms with Gasteiger partial charge in [0.05, 0.1) is 0 Å². The van der Waals surface area contributed by atoms with Crippen molar-refractivity contribution >= 4 is 19.1 Å². The van der Waals surface area contributed by atoms with E-state index in [0.717, 1.165) is 11.0 Å². The average Bonchev–Trinajstić information content (AvgIpc) is 2.57. The summed E-state index contributed by atoms with van der Waals surface area (Å²) in [5.74, 6) is 0. The van der Waals surface area contributed by atoms with Crippen LogP contribution in [-0.2, 0) is 0 Å². The van der Waals surface area contributed by atoms with Crippen molar-refractivity contribution in [3.05, 3.63) is 24.3 Å². The van der Waals surface area contributed by atoms with E-state index in [0.29, 0.717) is 0 Å². The Morgan fingerprint density at radius 2 is 1.93 bits per heavy atom. The second-order valence-electron chi connectivity index (χ2n) is 4.48. The molecule has 0 bridgehead atoms. The fourth-order valence-corrected chi connectivity index (χ4v) is 1.61. The van der Waals surface area contributed by atoms with Crippen molar-refractivity contribution in [1.82, 2.24) is 15.0 Å². The molecule has 76 valence electrons. The Morgan fingerprint density at radius 3 is 2.67 bits per heavy atom. The first-order valence-corrected chi connectivity index (χ1v) is 8.40. The monoisotopic (exact) mass is 215 g/mol. The molecule has 3 nitrogen and oxygen atoms in total. The zero-order chi connectivity index (χ0) is 10.9. The Hall–Kier alpha value is -1.60. The molecule has 4 heteroatoms. The summed E-state index contributed by atoms with van der Waals surface area (Å²) in [5.41, 5.74) is 5.13. The minimum absolute atomic E-state index is 0.891. The van der Waals surface area contributed by atoms with Crippen LogP contribution >= 0.6 is 0 Å². The van der Waals surface area contributed by atoms with Crippen LogP contribution in [0.2, 0.25) is 19.6 Å². The largest absolute Gasteiger partial charge is 0.169 e. The number of para-hydroxylation sites is 1. The molecule has 1 heterocycles. The van der Waals surface area contributed by atoms with Gasteiger partial charge in [-0.05, 0) is 12.1 Å². The van der Waals surface area contributed by atoms with Crippen molar-refractivity contribution in [2.45, 2.75) is 19.6 Å². The maximum atomic E-state index is 4.05. The van der Waals surface area contributed by atoms with Crippen LogP contribution in [-0.4, -0.2) is 23.1 Å². The highest BCUT2D eigenvalue weighted by molar-refractivity contribution is 6.83. The quantitative estimate of drug-likeness (QED) is 0.498. The molecular formula is C11H13N3Si. The lowest BCUT2D eigenvalue weighted by molar-refractivity contribution is 0.849. The average molecular weight is 215 g/mol. The number of nitrogens with zero attached hydrogens (tertiary/aromatic N) is 3. The van der Waals surface area contributed by atoms with Gasteiger partial charge in [0.1, 0.15) is 19.1 Å². The molecule has 0 atom stereocenters. The summed E-state index contributed by atoms with van der Waals surface area (Å²) in [6.45, 7) is 6.62. The molecule has 0 N–H and O–H groups in total. The molecule has 2 rings (SSSR count). The van der Waals surface area contributed by atoms with Crippen molar-refractivity contribution in [2.24, 2.45) is 0 Å². The van der Waals surface area contributed by atoms with Gasteiger partial charge in [0.2, 0.25) is 0 Å². The predicted molar refractivity (Wildman–Crippen MR) is 64.0 cm³/mol. The highest BCUT2D eigenvalue weighted by Crippen LogP contribution is 2.08. The van der Waals surface area contributed by atoms with E-state index >= 15 is 0 Å². The summed E-state index contributed by atoms with van der Waals surface area (Å²) in [6, 6.07) is 10.9. The Labute approximate surface area is 90.1 Å². The lowest BCUT2D eigenvalue weighted by Gasteiger charge is -2.02. The highest BCUT2D eigenvalue weighted by atomic mass is 28.3. The van der Waals surface area contributed by atoms with Crippen LogP contribution < -0.4 is 0 Å². The lowest BCUT2D eigenvalue weighted by Crippen LogP contribution is -2.17. The number of fused-ring (bicyclic) bond motifs is 1. The molecule has 0 saturated heterocycles. The second-order valence-corrected chi connectivity index (χ2v) is 9.23. The van der Waals surface area contributed by atoms with Gasteiger partial charge < -0.3 is 0 Å². The van der Waals surface area contributed by atoms with Crippen LogP contribution in [0.5, 0.6) is 0 Å². The van der Waals surface area contributed by atoms with E-state index in [1.165, 1.54) is 0 Å². The van der Waals surface area contributed by atoms with Gasteiger partial charge in [0.15, 0.2) is 0 Å². The molecule has 0 unspecified atom stereocenters. The van der Waals surface area contributed by atoms with Gasteiger partial charge in [-0.3, -0.25) is 0 Å². The van der Waals surface area contributed by atoms with E-state index in [9.17, 15) is 0 Å². The predicted octanol–water partition coefficient (Wildman–Crippen LogP) is 2.12. The fourth-order valence-electron chi connectivity index (χ4n) is 1.17. The molecule has 0 amide bonds. The SMILES string of the molecule is C[Si](C)(C)C#Cn1nnc2ccccc21. The van der Waals surface area contributed by atoms with Crippen molar-refractivity contribution < 1.29 is 0 Å². The molecule has 0 radical (unpaired) electrons. The third-order valence-electron chi connectivity index (χ3n) is 1.89. The second kappa shape index (κ2) is 3.52. The normalized spacial score (nSPS) is 11.1. The van der Waals surface area contributed by atoms with Crippen LogP contribution in [0.15, 0.2) is 24.3 Å². The molecular weight excluding hydrogens is 202 g/mol. The van der Waals surface area contributed by atoms with E-state index in [1.807, 2.05) is 24.3 Å². The highest BCUT2D eigenvalue weighted by Gasteiger charge is 2.08. The van der Waals surface area contributed by atoms with E-state index < -0.39 is 8.07 Å². The maximum absolute atomic E-state index is 4.05. The molecule has 2 aromatic rings. The number of rotatable bonds is 0. The molecule has 0 saturated carbocycles. The number of benzene rings is 1. The maximum Gasteiger partial charge on any atom is 0.131 e. The minimum Gasteiger partial charge on any atom is -0.169 e.